The molecule has 0 unspecified atom stereocenters. The van der Waals surface area contributed by atoms with E-state index in [0.29, 0.717) is 23.4 Å². The quantitative estimate of drug-likeness (QED) is 0.227. The second-order valence-electron chi connectivity index (χ2n) is 6.25. The molecule has 2 rings (SSSR count). The molecule has 4 N–H and O–H groups in total. The summed E-state index contributed by atoms with van der Waals surface area (Å²) < 4.78 is 5.10. The zero-order valence-corrected chi connectivity index (χ0v) is 16.9. The van der Waals surface area contributed by atoms with Crippen LogP contribution in [0.15, 0.2) is 71.5 Å². The summed E-state index contributed by atoms with van der Waals surface area (Å²) in [4.78, 5) is 16.4. The normalized spacial score (nSPS) is 12.2. The number of hydrogen-bond acceptors (Lipinski definition) is 7. The predicted molar refractivity (Wildman–Crippen MR) is 116 cm³/mol. The van der Waals surface area contributed by atoms with Gasteiger partial charge in [0.2, 0.25) is 18.2 Å². The topological polar surface area (TPSA) is 131 Å². The van der Waals surface area contributed by atoms with E-state index in [-0.39, 0.29) is 11.6 Å². The van der Waals surface area contributed by atoms with Gasteiger partial charge in [-0.2, -0.15) is 0 Å². The molecule has 0 fully saturated rings. The number of nitrogens with zero attached hydrogens (tertiary/aromatic N) is 3. The Balaban J connectivity index is 1.93. The monoisotopic (exact) mass is 406 g/mol. The summed E-state index contributed by atoms with van der Waals surface area (Å²) in [5.41, 5.74) is 7.64. The molecule has 0 bridgehead atoms. The molecule has 0 saturated heterocycles. The van der Waals surface area contributed by atoms with Gasteiger partial charge in [-0.3, -0.25) is 9.78 Å². The Labute approximate surface area is 175 Å². The number of nitrogens with two attached hydrogens (primary N) is 1. The Morgan fingerprint density at radius 2 is 2.20 bits per heavy atom. The van der Waals surface area contributed by atoms with E-state index < -0.39 is 0 Å². The Bertz CT molecular complexity index is 942. The van der Waals surface area contributed by atoms with Crippen LogP contribution >= 0.6 is 0 Å². The van der Waals surface area contributed by atoms with Crippen LogP contribution in [0.5, 0.6) is 0 Å². The fourth-order valence-corrected chi connectivity index (χ4v) is 2.59. The van der Waals surface area contributed by atoms with Crippen LogP contribution in [0.3, 0.4) is 0 Å². The first-order valence-corrected chi connectivity index (χ1v) is 9.66. The van der Waals surface area contributed by atoms with Gasteiger partial charge in [0.1, 0.15) is 0 Å². The fourth-order valence-electron chi connectivity index (χ4n) is 2.59. The van der Waals surface area contributed by atoms with Gasteiger partial charge in [-0.05, 0) is 49.8 Å². The molecule has 0 atom stereocenters. The second-order valence-corrected chi connectivity index (χ2v) is 6.25. The number of pyridine rings is 1. The maximum absolute atomic E-state index is 12.3. The standard InChI is InChI=1S/C22H26N6O2/c1-2-6-18(7-4-3-5-8-22-28-26-16-30-22)27-21(29)10-9-17-15-25-14-12-19(17)20(24)11-13-23/h4,6-7,9-16,24H,2-3,5,8,23H2,1H3,(H,27,29)/b7-4-,10-9+,13-11-,18-6+,24-20?. The maximum Gasteiger partial charge on any atom is 0.248 e. The molecule has 0 radical (unpaired) electrons. The van der Waals surface area contributed by atoms with Crippen molar-refractivity contribution in [3.05, 3.63) is 84.1 Å². The highest BCUT2D eigenvalue weighted by atomic mass is 16.4. The number of nitrogens with one attached hydrogen (secondary N) is 2. The van der Waals surface area contributed by atoms with E-state index in [2.05, 4.69) is 20.5 Å². The van der Waals surface area contributed by atoms with Gasteiger partial charge in [0.25, 0.3) is 0 Å². The number of aromatic nitrogens is 3. The van der Waals surface area contributed by atoms with Gasteiger partial charge in [-0.15, -0.1) is 10.2 Å². The molecule has 0 spiro atoms. The van der Waals surface area contributed by atoms with Crippen LogP contribution < -0.4 is 11.1 Å². The van der Waals surface area contributed by atoms with E-state index in [0.717, 1.165) is 25.0 Å². The van der Waals surface area contributed by atoms with Crippen molar-refractivity contribution in [3.63, 3.8) is 0 Å². The van der Waals surface area contributed by atoms with Gasteiger partial charge in [-0.1, -0.05) is 19.1 Å². The molecule has 0 aliphatic carbocycles. The third kappa shape index (κ3) is 7.67. The van der Waals surface area contributed by atoms with Crippen LogP contribution in [0.25, 0.3) is 6.08 Å². The van der Waals surface area contributed by atoms with Crippen molar-refractivity contribution in [1.29, 1.82) is 5.41 Å². The van der Waals surface area contributed by atoms with Crippen molar-refractivity contribution in [1.82, 2.24) is 20.5 Å². The predicted octanol–water partition coefficient (Wildman–Crippen LogP) is 3.31. The van der Waals surface area contributed by atoms with Crippen molar-refractivity contribution in [2.75, 3.05) is 0 Å². The second kappa shape index (κ2) is 12.6. The molecule has 1 amide bonds. The van der Waals surface area contributed by atoms with E-state index in [4.69, 9.17) is 15.6 Å². The lowest BCUT2D eigenvalue weighted by Crippen LogP contribution is -2.19. The first-order valence-electron chi connectivity index (χ1n) is 9.66. The molecule has 0 saturated carbocycles. The molecular formula is C22H26N6O2. The van der Waals surface area contributed by atoms with E-state index in [1.807, 2.05) is 25.2 Å². The summed E-state index contributed by atoms with van der Waals surface area (Å²) in [6.45, 7) is 2.00. The number of carbonyl (C=O) groups excluding carboxylic acids is 1. The fraction of sp³-hybridized carbons (Fsp3) is 0.227. The number of rotatable bonds is 11. The molecule has 2 aromatic rings. The molecule has 0 aromatic carbocycles. The highest BCUT2D eigenvalue weighted by Gasteiger charge is 2.04. The first kappa shape index (κ1) is 22.5. The van der Waals surface area contributed by atoms with E-state index in [1.165, 1.54) is 24.7 Å². The van der Waals surface area contributed by atoms with Crippen molar-refractivity contribution < 1.29 is 9.21 Å². The lowest BCUT2D eigenvalue weighted by molar-refractivity contribution is -0.115. The van der Waals surface area contributed by atoms with Crippen molar-refractivity contribution in [2.45, 2.75) is 32.6 Å². The van der Waals surface area contributed by atoms with Crippen molar-refractivity contribution in [3.8, 4) is 0 Å². The Morgan fingerprint density at radius 1 is 1.33 bits per heavy atom. The molecule has 2 aromatic heterocycles. The number of unbranched alkanes of at least 4 members (excludes halogenated alkanes) is 1. The van der Waals surface area contributed by atoms with Crippen LogP contribution in [0.1, 0.15) is 43.2 Å². The molecule has 0 aliphatic rings. The van der Waals surface area contributed by atoms with Crippen molar-refractivity contribution >= 4 is 17.7 Å². The van der Waals surface area contributed by atoms with Gasteiger partial charge < -0.3 is 20.9 Å². The third-order valence-corrected chi connectivity index (χ3v) is 3.97. The summed E-state index contributed by atoms with van der Waals surface area (Å²) in [5, 5.41) is 18.4. The summed E-state index contributed by atoms with van der Waals surface area (Å²) in [6.07, 6.45) is 19.4. The molecular weight excluding hydrogens is 380 g/mol. The van der Waals surface area contributed by atoms with Crippen LogP contribution in [-0.4, -0.2) is 26.8 Å². The largest absolute Gasteiger partial charge is 0.428 e. The van der Waals surface area contributed by atoms with Gasteiger partial charge >= 0.3 is 0 Å². The average molecular weight is 406 g/mol. The minimum Gasteiger partial charge on any atom is -0.428 e. The number of aryl methyl sites for hydroxylation is 1. The minimum absolute atomic E-state index is 0.245. The number of amides is 1. The highest BCUT2D eigenvalue weighted by molar-refractivity contribution is 6.09. The third-order valence-electron chi connectivity index (χ3n) is 3.97. The average Bonchev–Trinajstić information content (AvgIpc) is 3.26. The van der Waals surface area contributed by atoms with E-state index in [9.17, 15) is 4.79 Å². The molecule has 8 heteroatoms. The lowest BCUT2D eigenvalue weighted by Gasteiger charge is -2.05. The van der Waals surface area contributed by atoms with Gasteiger partial charge in [0.15, 0.2) is 0 Å². The first-order chi connectivity index (χ1) is 14.6. The number of hydrogen-bond donors (Lipinski definition) is 3. The Hall–Kier alpha value is -3.81. The summed E-state index contributed by atoms with van der Waals surface area (Å²) in [5.74, 6) is 0.358. The molecule has 2 heterocycles. The Kier molecular flexibility index (Phi) is 9.45. The minimum atomic E-state index is -0.263. The van der Waals surface area contributed by atoms with Gasteiger partial charge in [0.05, 0.1) is 5.71 Å². The lowest BCUT2D eigenvalue weighted by atomic mass is 10.1. The molecule has 8 nitrogen and oxygen atoms in total. The summed E-state index contributed by atoms with van der Waals surface area (Å²) in [6, 6.07) is 1.71. The van der Waals surface area contributed by atoms with E-state index in [1.54, 1.807) is 24.5 Å². The zero-order valence-electron chi connectivity index (χ0n) is 16.9. The SMILES string of the molecule is CC/C=C(\C=C/CCCc1nnco1)NC(=O)/C=C/c1cnccc1C(=N)/C=C\N. The summed E-state index contributed by atoms with van der Waals surface area (Å²) >= 11 is 0. The number of allylic oxidation sites excluding steroid dienone is 4. The van der Waals surface area contributed by atoms with Crippen LogP contribution in [0, 0.1) is 5.41 Å². The molecule has 0 aliphatic heterocycles. The molecule has 30 heavy (non-hydrogen) atoms. The van der Waals surface area contributed by atoms with Gasteiger partial charge in [0, 0.05) is 41.7 Å². The van der Waals surface area contributed by atoms with Crippen LogP contribution in [-0.2, 0) is 11.2 Å². The zero-order chi connectivity index (χ0) is 21.6. The van der Waals surface area contributed by atoms with Crippen molar-refractivity contribution in [2.24, 2.45) is 5.73 Å². The van der Waals surface area contributed by atoms with Crippen LogP contribution in [0.2, 0.25) is 0 Å². The Morgan fingerprint density at radius 3 is 2.93 bits per heavy atom. The highest BCUT2D eigenvalue weighted by Crippen LogP contribution is 2.11. The number of carbonyl (C=O) groups is 1. The van der Waals surface area contributed by atoms with E-state index >= 15 is 0 Å². The smallest absolute Gasteiger partial charge is 0.248 e. The molecule has 156 valence electrons. The summed E-state index contributed by atoms with van der Waals surface area (Å²) in [7, 11) is 0. The van der Waals surface area contributed by atoms with Gasteiger partial charge in [-0.25, -0.2) is 0 Å². The maximum atomic E-state index is 12.3. The van der Waals surface area contributed by atoms with Crippen LogP contribution in [0.4, 0.5) is 0 Å².